The number of fused-ring (bicyclic) bond motifs is 1. The Morgan fingerprint density at radius 1 is 1.00 bits per heavy atom. The van der Waals surface area contributed by atoms with E-state index in [4.69, 9.17) is 0 Å². The van der Waals surface area contributed by atoms with E-state index in [9.17, 15) is 9.50 Å². The van der Waals surface area contributed by atoms with Crippen molar-refractivity contribution in [3.05, 3.63) is 66.2 Å². The molecule has 2 aromatic carbocycles. The molecule has 0 unspecified atom stereocenters. The molecule has 22 heavy (non-hydrogen) atoms. The second-order valence-corrected chi connectivity index (χ2v) is 4.96. The zero-order valence-electron chi connectivity index (χ0n) is 12.0. The maximum absolute atomic E-state index is 13.9. The van der Waals surface area contributed by atoms with Crippen molar-refractivity contribution in [2.45, 2.75) is 6.54 Å². The van der Waals surface area contributed by atoms with Gasteiger partial charge in [-0.25, -0.2) is 14.4 Å². The highest BCUT2D eigenvalue weighted by Gasteiger charge is 2.14. The highest BCUT2D eigenvalue weighted by atomic mass is 19.1. The maximum atomic E-state index is 13.9. The van der Waals surface area contributed by atoms with Gasteiger partial charge in [-0.1, -0.05) is 36.4 Å². The SMILES string of the molecule is OCCN(Cc1ccccc1)c1ncnc2c(F)cccc12. The zero-order valence-corrected chi connectivity index (χ0v) is 12.0. The van der Waals surface area contributed by atoms with E-state index in [1.807, 2.05) is 35.2 Å². The summed E-state index contributed by atoms with van der Waals surface area (Å²) in [4.78, 5) is 10.2. The van der Waals surface area contributed by atoms with Gasteiger partial charge in [0.05, 0.1) is 6.61 Å². The zero-order chi connectivity index (χ0) is 15.4. The molecule has 0 aliphatic rings. The van der Waals surface area contributed by atoms with Crippen molar-refractivity contribution in [2.24, 2.45) is 0 Å². The standard InChI is InChI=1S/C17H16FN3O/c18-15-8-4-7-14-16(15)19-12-20-17(14)21(9-10-22)11-13-5-2-1-3-6-13/h1-8,12,22H,9-11H2. The number of halogens is 1. The fraction of sp³-hybridized carbons (Fsp3) is 0.176. The van der Waals surface area contributed by atoms with E-state index in [1.54, 1.807) is 12.1 Å². The van der Waals surface area contributed by atoms with Crippen LogP contribution in [0.1, 0.15) is 5.56 Å². The van der Waals surface area contributed by atoms with Crippen LogP contribution in [0.3, 0.4) is 0 Å². The fourth-order valence-electron chi connectivity index (χ4n) is 2.47. The lowest BCUT2D eigenvalue weighted by Crippen LogP contribution is -2.27. The molecule has 0 saturated carbocycles. The lowest BCUT2D eigenvalue weighted by atomic mass is 10.2. The van der Waals surface area contributed by atoms with Gasteiger partial charge in [-0.2, -0.15) is 0 Å². The Balaban J connectivity index is 2.03. The van der Waals surface area contributed by atoms with Gasteiger partial charge in [-0.05, 0) is 17.7 Å². The van der Waals surface area contributed by atoms with Crippen LogP contribution in [0.2, 0.25) is 0 Å². The molecule has 0 saturated heterocycles. The van der Waals surface area contributed by atoms with Crippen LogP contribution in [0, 0.1) is 5.82 Å². The number of hydrogen-bond donors (Lipinski definition) is 1. The third kappa shape index (κ3) is 2.89. The highest BCUT2D eigenvalue weighted by molar-refractivity contribution is 5.89. The summed E-state index contributed by atoms with van der Waals surface area (Å²) in [6.45, 7) is 0.995. The summed E-state index contributed by atoms with van der Waals surface area (Å²) in [6.07, 6.45) is 1.36. The van der Waals surface area contributed by atoms with Gasteiger partial charge >= 0.3 is 0 Å². The van der Waals surface area contributed by atoms with E-state index in [0.29, 0.717) is 29.8 Å². The molecule has 1 N–H and O–H groups in total. The molecule has 0 amide bonds. The van der Waals surface area contributed by atoms with E-state index in [2.05, 4.69) is 9.97 Å². The minimum absolute atomic E-state index is 0.00630. The number of rotatable bonds is 5. The van der Waals surface area contributed by atoms with Crippen LogP contribution in [0.5, 0.6) is 0 Å². The summed E-state index contributed by atoms with van der Waals surface area (Å²) in [5.41, 5.74) is 1.39. The van der Waals surface area contributed by atoms with Crippen molar-refractivity contribution >= 4 is 16.7 Å². The van der Waals surface area contributed by atoms with Crippen LogP contribution < -0.4 is 4.90 Å². The molecule has 4 nitrogen and oxygen atoms in total. The predicted molar refractivity (Wildman–Crippen MR) is 84.1 cm³/mol. The summed E-state index contributed by atoms with van der Waals surface area (Å²) < 4.78 is 13.9. The van der Waals surface area contributed by atoms with E-state index in [1.165, 1.54) is 12.4 Å². The molecule has 5 heteroatoms. The third-order valence-electron chi connectivity index (χ3n) is 3.48. The number of aliphatic hydroxyl groups is 1. The van der Waals surface area contributed by atoms with Crippen LogP contribution in [-0.4, -0.2) is 28.2 Å². The van der Waals surface area contributed by atoms with E-state index >= 15 is 0 Å². The van der Waals surface area contributed by atoms with E-state index in [-0.39, 0.29) is 12.4 Å². The molecule has 112 valence electrons. The molecule has 1 aromatic heterocycles. The Bertz CT molecular complexity index is 764. The quantitative estimate of drug-likeness (QED) is 0.786. The van der Waals surface area contributed by atoms with Gasteiger partial charge in [0, 0.05) is 18.5 Å². The number of para-hydroxylation sites is 1. The van der Waals surface area contributed by atoms with Gasteiger partial charge < -0.3 is 10.0 Å². The van der Waals surface area contributed by atoms with Gasteiger partial charge in [0.25, 0.3) is 0 Å². The first-order valence-corrected chi connectivity index (χ1v) is 7.08. The monoisotopic (exact) mass is 297 g/mol. The predicted octanol–water partition coefficient (Wildman–Crippen LogP) is 2.77. The van der Waals surface area contributed by atoms with E-state index in [0.717, 1.165) is 5.56 Å². The number of nitrogens with zero attached hydrogens (tertiary/aromatic N) is 3. The van der Waals surface area contributed by atoms with Crippen molar-refractivity contribution in [3.63, 3.8) is 0 Å². The minimum atomic E-state index is -0.371. The first-order valence-electron chi connectivity index (χ1n) is 7.08. The molecular formula is C17H16FN3O. The Hall–Kier alpha value is -2.53. The summed E-state index contributed by atoms with van der Waals surface area (Å²) in [5, 5.41) is 9.99. The fourth-order valence-corrected chi connectivity index (χ4v) is 2.47. The van der Waals surface area contributed by atoms with Crippen LogP contribution in [0.25, 0.3) is 10.9 Å². The van der Waals surface area contributed by atoms with Crippen molar-refractivity contribution in [2.75, 3.05) is 18.1 Å². The van der Waals surface area contributed by atoms with Crippen LogP contribution in [-0.2, 0) is 6.54 Å². The molecule has 0 aliphatic heterocycles. The summed E-state index contributed by atoms with van der Waals surface area (Å²) in [5.74, 6) is 0.257. The minimum Gasteiger partial charge on any atom is -0.395 e. The van der Waals surface area contributed by atoms with Gasteiger partial charge in [-0.3, -0.25) is 0 Å². The molecule has 0 aliphatic carbocycles. The smallest absolute Gasteiger partial charge is 0.149 e. The molecule has 0 radical (unpaired) electrons. The second-order valence-electron chi connectivity index (χ2n) is 4.96. The largest absolute Gasteiger partial charge is 0.395 e. The lowest BCUT2D eigenvalue weighted by molar-refractivity contribution is 0.301. The number of anilines is 1. The van der Waals surface area contributed by atoms with Crippen molar-refractivity contribution < 1.29 is 9.50 Å². The average molecular weight is 297 g/mol. The Morgan fingerprint density at radius 3 is 2.59 bits per heavy atom. The second kappa shape index (κ2) is 6.49. The van der Waals surface area contributed by atoms with Crippen LogP contribution in [0.15, 0.2) is 54.9 Å². The third-order valence-corrected chi connectivity index (χ3v) is 3.48. The van der Waals surface area contributed by atoms with Crippen LogP contribution >= 0.6 is 0 Å². The molecule has 0 atom stereocenters. The van der Waals surface area contributed by atoms with Crippen molar-refractivity contribution in [3.8, 4) is 0 Å². The lowest BCUT2D eigenvalue weighted by Gasteiger charge is -2.24. The van der Waals surface area contributed by atoms with Crippen LogP contribution in [0.4, 0.5) is 10.2 Å². The molecule has 0 bridgehead atoms. The number of hydrogen-bond acceptors (Lipinski definition) is 4. The normalized spacial score (nSPS) is 10.8. The average Bonchev–Trinajstić information content (AvgIpc) is 2.55. The Labute approximate surface area is 127 Å². The van der Waals surface area contributed by atoms with Gasteiger partial charge in [0.15, 0.2) is 0 Å². The molecule has 1 heterocycles. The van der Waals surface area contributed by atoms with E-state index < -0.39 is 0 Å². The van der Waals surface area contributed by atoms with Gasteiger partial charge in [-0.15, -0.1) is 0 Å². The number of aromatic nitrogens is 2. The first kappa shape index (κ1) is 14.4. The first-order chi connectivity index (χ1) is 10.8. The summed E-state index contributed by atoms with van der Waals surface area (Å²) in [6, 6.07) is 14.7. The summed E-state index contributed by atoms with van der Waals surface area (Å²) >= 11 is 0. The molecular weight excluding hydrogens is 281 g/mol. The van der Waals surface area contributed by atoms with Crippen molar-refractivity contribution in [1.82, 2.24) is 9.97 Å². The van der Waals surface area contributed by atoms with Gasteiger partial charge in [0.1, 0.15) is 23.5 Å². The number of benzene rings is 2. The summed E-state index contributed by atoms with van der Waals surface area (Å²) in [7, 11) is 0. The molecule has 3 aromatic rings. The Morgan fingerprint density at radius 2 is 1.82 bits per heavy atom. The highest BCUT2D eigenvalue weighted by Crippen LogP contribution is 2.25. The topological polar surface area (TPSA) is 49.2 Å². The number of aliphatic hydroxyl groups excluding tert-OH is 1. The molecule has 0 fully saturated rings. The maximum Gasteiger partial charge on any atom is 0.149 e. The Kier molecular flexibility index (Phi) is 4.25. The van der Waals surface area contributed by atoms with Gasteiger partial charge in [0.2, 0.25) is 0 Å². The molecule has 0 spiro atoms. The van der Waals surface area contributed by atoms with Crippen molar-refractivity contribution in [1.29, 1.82) is 0 Å². The molecule has 3 rings (SSSR count).